The number of fused-ring (bicyclic) bond motifs is 1. The number of ether oxygens (including phenoxy) is 1. The van der Waals surface area contributed by atoms with Gasteiger partial charge in [0.05, 0.1) is 4.88 Å². The van der Waals surface area contributed by atoms with Gasteiger partial charge in [0.25, 0.3) is 0 Å². The minimum Gasteiger partial charge on any atom is -0.481 e. The van der Waals surface area contributed by atoms with Crippen LogP contribution in [0.5, 0.6) is 5.75 Å². The smallest absolute Gasteiger partial charge is 0.226 e. The van der Waals surface area contributed by atoms with E-state index in [1.165, 1.54) is 0 Å². The van der Waals surface area contributed by atoms with Gasteiger partial charge in [-0.15, -0.1) is 6.42 Å². The number of nitrogens with zero attached hydrogens (tertiary/aromatic N) is 1. The molecule has 0 fully saturated rings. The van der Waals surface area contributed by atoms with E-state index in [-0.39, 0.29) is 18.4 Å². The molecule has 0 aliphatic carbocycles. The molecule has 6 heteroatoms. The van der Waals surface area contributed by atoms with Gasteiger partial charge in [-0.2, -0.15) is 0 Å². The molecule has 1 aliphatic rings. The number of anilines is 2. The van der Waals surface area contributed by atoms with Crippen LogP contribution < -0.4 is 15.4 Å². The van der Waals surface area contributed by atoms with Gasteiger partial charge in [0.1, 0.15) is 18.2 Å². The van der Waals surface area contributed by atoms with Crippen molar-refractivity contribution in [2.75, 3.05) is 24.3 Å². The molecule has 1 amide bonds. The number of aromatic nitrogens is 1. The number of carbonyl (C=O) groups excluding carboxylic acids is 1. The zero-order valence-electron chi connectivity index (χ0n) is 12.1. The van der Waals surface area contributed by atoms with Crippen molar-refractivity contribution in [3.63, 3.8) is 0 Å². The Morgan fingerprint density at radius 1 is 1.59 bits per heavy atom. The molecular weight excluding hydrogens is 298 g/mol. The molecule has 5 nitrogen and oxygen atoms in total. The quantitative estimate of drug-likeness (QED) is 0.852. The van der Waals surface area contributed by atoms with Crippen LogP contribution in [0.3, 0.4) is 0 Å². The Kier molecular flexibility index (Phi) is 3.98. The van der Waals surface area contributed by atoms with Crippen molar-refractivity contribution in [1.29, 1.82) is 0 Å². The van der Waals surface area contributed by atoms with E-state index in [0.717, 1.165) is 15.6 Å². The van der Waals surface area contributed by atoms with Gasteiger partial charge < -0.3 is 15.4 Å². The summed E-state index contributed by atoms with van der Waals surface area (Å²) in [5.41, 5.74) is 1.02. The summed E-state index contributed by atoms with van der Waals surface area (Å²) in [4.78, 5) is 17.4. The molecule has 0 radical (unpaired) electrons. The van der Waals surface area contributed by atoms with Crippen molar-refractivity contribution in [3.8, 4) is 18.1 Å². The maximum Gasteiger partial charge on any atom is 0.226 e. The summed E-state index contributed by atoms with van der Waals surface area (Å²) in [6.45, 7) is 0.227. The molecule has 2 N–H and O–H groups in total. The SMILES string of the molecule is C#CCOc1cccc([C@@H]2CC(=O)Nc3nc(NC)sc32)c1. The third kappa shape index (κ3) is 2.76. The number of nitrogens with one attached hydrogen (secondary N) is 2. The van der Waals surface area contributed by atoms with E-state index in [1.807, 2.05) is 31.3 Å². The molecule has 0 spiro atoms. The predicted octanol–water partition coefficient (Wildman–Crippen LogP) is 2.67. The lowest BCUT2D eigenvalue weighted by Crippen LogP contribution is -2.22. The third-order valence-electron chi connectivity index (χ3n) is 3.41. The molecule has 0 saturated carbocycles. The first-order chi connectivity index (χ1) is 10.7. The van der Waals surface area contributed by atoms with Gasteiger partial charge in [-0.05, 0) is 17.7 Å². The fraction of sp³-hybridized carbons (Fsp3) is 0.250. The molecular formula is C16H15N3O2S. The number of hydrogen-bond donors (Lipinski definition) is 2. The molecule has 0 saturated heterocycles. The second kappa shape index (κ2) is 6.08. The molecule has 1 aliphatic heterocycles. The van der Waals surface area contributed by atoms with Gasteiger partial charge in [0.15, 0.2) is 5.13 Å². The van der Waals surface area contributed by atoms with Gasteiger partial charge in [0, 0.05) is 19.4 Å². The molecule has 112 valence electrons. The van der Waals surface area contributed by atoms with Gasteiger partial charge in [0.2, 0.25) is 5.91 Å². The maximum atomic E-state index is 11.9. The third-order valence-corrected chi connectivity index (χ3v) is 4.60. The molecule has 3 rings (SSSR count). The molecule has 0 bridgehead atoms. The lowest BCUT2D eigenvalue weighted by Gasteiger charge is -2.22. The normalized spacial score (nSPS) is 16.4. The summed E-state index contributed by atoms with van der Waals surface area (Å²) < 4.78 is 5.47. The van der Waals surface area contributed by atoms with Crippen molar-refractivity contribution in [2.24, 2.45) is 0 Å². The Morgan fingerprint density at radius 3 is 3.23 bits per heavy atom. The van der Waals surface area contributed by atoms with Crippen LogP contribution >= 0.6 is 11.3 Å². The van der Waals surface area contributed by atoms with Crippen molar-refractivity contribution in [1.82, 2.24) is 4.98 Å². The average molecular weight is 313 g/mol. The van der Waals surface area contributed by atoms with Gasteiger partial charge in [-0.3, -0.25) is 4.79 Å². The van der Waals surface area contributed by atoms with Crippen LogP contribution in [-0.4, -0.2) is 24.5 Å². The second-order valence-corrected chi connectivity index (χ2v) is 5.88. The Balaban J connectivity index is 1.96. The maximum absolute atomic E-state index is 11.9. The van der Waals surface area contributed by atoms with Crippen molar-refractivity contribution in [2.45, 2.75) is 12.3 Å². The lowest BCUT2D eigenvalue weighted by atomic mass is 9.91. The fourth-order valence-electron chi connectivity index (χ4n) is 2.44. The highest BCUT2D eigenvalue weighted by Crippen LogP contribution is 2.42. The molecule has 2 aromatic rings. The highest BCUT2D eigenvalue weighted by atomic mass is 32.1. The summed E-state index contributed by atoms with van der Waals surface area (Å²) in [7, 11) is 1.81. The molecule has 1 aromatic heterocycles. The van der Waals surface area contributed by atoms with E-state index in [9.17, 15) is 4.79 Å². The number of rotatable bonds is 4. The van der Waals surface area contributed by atoms with Crippen LogP contribution in [0, 0.1) is 12.3 Å². The first-order valence-electron chi connectivity index (χ1n) is 6.86. The van der Waals surface area contributed by atoms with E-state index in [0.29, 0.717) is 18.0 Å². The zero-order valence-corrected chi connectivity index (χ0v) is 12.9. The average Bonchev–Trinajstić information content (AvgIpc) is 2.95. The second-order valence-electron chi connectivity index (χ2n) is 4.85. The summed E-state index contributed by atoms with van der Waals surface area (Å²) in [5.74, 6) is 3.76. The monoisotopic (exact) mass is 313 g/mol. The van der Waals surface area contributed by atoms with Crippen molar-refractivity contribution in [3.05, 3.63) is 34.7 Å². The molecule has 22 heavy (non-hydrogen) atoms. The highest BCUT2D eigenvalue weighted by Gasteiger charge is 2.30. The Hall–Kier alpha value is -2.52. The predicted molar refractivity (Wildman–Crippen MR) is 87.5 cm³/mol. The van der Waals surface area contributed by atoms with E-state index >= 15 is 0 Å². The minimum absolute atomic E-state index is 0.0160. The zero-order chi connectivity index (χ0) is 15.5. The first kappa shape index (κ1) is 14.4. The summed E-state index contributed by atoms with van der Waals surface area (Å²) in [6, 6.07) is 7.70. The number of benzene rings is 1. The molecule has 1 atom stereocenters. The van der Waals surface area contributed by atoms with Crippen LogP contribution in [0.2, 0.25) is 0 Å². The Labute approximate surface area is 132 Å². The summed E-state index contributed by atoms with van der Waals surface area (Å²) >= 11 is 1.55. The Morgan fingerprint density at radius 2 is 2.45 bits per heavy atom. The standard InChI is InChI=1S/C16H15N3O2S/c1-3-7-21-11-6-4-5-10(8-11)12-9-13(20)18-15-14(12)22-16(17-2)19-15/h1,4-6,8,12H,7,9H2,2H3,(H,17,19)(H,18,20)/t12-/m0/s1. The van der Waals surface area contributed by atoms with E-state index in [2.05, 4.69) is 21.5 Å². The Bertz CT molecular complexity index is 748. The van der Waals surface area contributed by atoms with Crippen LogP contribution in [0.15, 0.2) is 24.3 Å². The minimum atomic E-state index is -0.0274. The number of carbonyl (C=O) groups is 1. The molecule has 1 aromatic carbocycles. The summed E-state index contributed by atoms with van der Waals surface area (Å²) in [6.07, 6.45) is 5.61. The molecule has 0 unspecified atom stereocenters. The number of terminal acetylenes is 1. The number of amides is 1. The van der Waals surface area contributed by atoms with Gasteiger partial charge in [-0.1, -0.05) is 29.4 Å². The van der Waals surface area contributed by atoms with Crippen LogP contribution in [0.25, 0.3) is 0 Å². The van der Waals surface area contributed by atoms with Crippen molar-refractivity contribution < 1.29 is 9.53 Å². The fourth-order valence-corrected chi connectivity index (χ4v) is 3.44. The summed E-state index contributed by atoms with van der Waals surface area (Å²) in [5, 5.41) is 6.63. The van der Waals surface area contributed by atoms with E-state index in [4.69, 9.17) is 11.2 Å². The highest BCUT2D eigenvalue weighted by molar-refractivity contribution is 7.16. The van der Waals surface area contributed by atoms with Gasteiger partial charge in [-0.25, -0.2) is 4.98 Å². The van der Waals surface area contributed by atoms with Crippen LogP contribution in [-0.2, 0) is 4.79 Å². The largest absolute Gasteiger partial charge is 0.481 e. The molecule has 2 heterocycles. The lowest BCUT2D eigenvalue weighted by molar-refractivity contribution is -0.116. The number of hydrogen-bond acceptors (Lipinski definition) is 5. The topological polar surface area (TPSA) is 63.2 Å². The number of thiazole rings is 1. The van der Waals surface area contributed by atoms with Gasteiger partial charge >= 0.3 is 0 Å². The van der Waals surface area contributed by atoms with Crippen molar-refractivity contribution >= 4 is 28.2 Å². The van der Waals surface area contributed by atoms with E-state index < -0.39 is 0 Å². The van der Waals surface area contributed by atoms with E-state index in [1.54, 1.807) is 11.3 Å². The van der Waals surface area contributed by atoms with Crippen LogP contribution in [0.1, 0.15) is 22.8 Å². The first-order valence-corrected chi connectivity index (χ1v) is 7.67. The van der Waals surface area contributed by atoms with Crippen LogP contribution in [0.4, 0.5) is 10.9 Å².